The first kappa shape index (κ1) is 21.4. The summed E-state index contributed by atoms with van der Waals surface area (Å²) in [5.74, 6) is -1.35. The van der Waals surface area contributed by atoms with Gasteiger partial charge in [-0.1, -0.05) is 25.8 Å². The number of benzene rings is 1. The second-order valence-electron chi connectivity index (χ2n) is 8.70. The molecule has 0 saturated heterocycles. The Morgan fingerprint density at radius 1 is 0.929 bits per heavy atom. The predicted octanol–water partition coefficient (Wildman–Crippen LogP) is 7.68. The van der Waals surface area contributed by atoms with Crippen LogP contribution < -0.4 is 4.74 Å². The van der Waals surface area contributed by atoms with E-state index in [2.05, 4.69) is 11.7 Å². The molecule has 1 nitrogen and oxygen atoms in total. The van der Waals surface area contributed by atoms with Crippen LogP contribution in [0.2, 0.25) is 0 Å². The number of rotatable bonds is 5. The minimum atomic E-state index is -3.57. The largest absolute Gasteiger partial charge is 0.429 e. The average molecular weight is 404 g/mol. The van der Waals surface area contributed by atoms with Crippen molar-refractivity contribution in [3.05, 3.63) is 29.1 Å². The van der Waals surface area contributed by atoms with Gasteiger partial charge in [0.05, 0.1) is 11.5 Å². The van der Waals surface area contributed by atoms with Gasteiger partial charge in [-0.2, -0.15) is 8.78 Å². The molecular weight excluding hydrogens is 375 g/mol. The van der Waals surface area contributed by atoms with Gasteiger partial charge in [-0.3, -0.25) is 0 Å². The molecule has 0 atom stereocenters. The van der Waals surface area contributed by atoms with Crippen LogP contribution in [0.4, 0.5) is 22.0 Å². The summed E-state index contributed by atoms with van der Waals surface area (Å²) in [4.78, 5) is 0. The number of ether oxygens (including phenoxy) is 1. The molecule has 1 aromatic rings. The zero-order valence-electron chi connectivity index (χ0n) is 16.5. The van der Waals surface area contributed by atoms with Gasteiger partial charge in [0.15, 0.2) is 11.6 Å². The molecule has 0 N–H and O–H groups in total. The minimum Gasteiger partial charge on any atom is -0.429 e. The Balaban J connectivity index is 1.62. The molecule has 0 radical (unpaired) electrons. The molecule has 0 amide bonds. The molecule has 0 bridgehead atoms. The smallest absolute Gasteiger partial charge is 0.400 e. The molecule has 158 valence electrons. The highest BCUT2D eigenvalue weighted by Crippen LogP contribution is 2.46. The van der Waals surface area contributed by atoms with Gasteiger partial charge in [-0.25, -0.2) is 13.2 Å². The van der Waals surface area contributed by atoms with Crippen molar-refractivity contribution in [2.75, 3.05) is 0 Å². The van der Waals surface area contributed by atoms with Crippen molar-refractivity contribution in [2.24, 2.45) is 23.7 Å². The molecule has 2 fully saturated rings. The number of alkyl halides is 4. The molecule has 6 heteroatoms. The summed E-state index contributed by atoms with van der Waals surface area (Å²) in [6, 6.07) is 2.20. The van der Waals surface area contributed by atoms with Crippen LogP contribution in [0.5, 0.6) is 5.75 Å². The first-order valence-electron chi connectivity index (χ1n) is 10.3. The van der Waals surface area contributed by atoms with Crippen molar-refractivity contribution in [3.8, 4) is 5.75 Å². The van der Waals surface area contributed by atoms with Crippen LogP contribution in [-0.4, -0.2) is 6.11 Å². The van der Waals surface area contributed by atoms with E-state index in [0.717, 1.165) is 24.8 Å². The van der Waals surface area contributed by atoms with Crippen LogP contribution in [0.1, 0.15) is 75.8 Å². The minimum absolute atomic E-state index is 0.0190. The number of hydrogen-bond donors (Lipinski definition) is 0. The predicted molar refractivity (Wildman–Crippen MR) is 98.2 cm³/mol. The lowest BCUT2D eigenvalue weighted by Crippen LogP contribution is -2.38. The molecule has 0 aliphatic heterocycles. The van der Waals surface area contributed by atoms with Crippen LogP contribution in [0, 0.1) is 36.4 Å². The summed E-state index contributed by atoms with van der Waals surface area (Å²) in [5, 5.41) is 0. The second-order valence-corrected chi connectivity index (χ2v) is 8.70. The fourth-order valence-corrected chi connectivity index (χ4v) is 4.93. The van der Waals surface area contributed by atoms with Gasteiger partial charge < -0.3 is 4.74 Å². The van der Waals surface area contributed by atoms with Gasteiger partial charge >= 0.3 is 6.11 Å². The topological polar surface area (TPSA) is 9.23 Å². The van der Waals surface area contributed by atoms with Crippen LogP contribution >= 0.6 is 0 Å². The lowest BCUT2D eigenvalue weighted by atomic mass is 9.69. The quantitative estimate of drug-likeness (QED) is 0.457. The lowest BCUT2D eigenvalue weighted by molar-refractivity contribution is -0.225. The van der Waals surface area contributed by atoms with E-state index in [4.69, 9.17) is 0 Å². The van der Waals surface area contributed by atoms with Gasteiger partial charge in [0, 0.05) is 0 Å². The maximum Gasteiger partial charge on any atom is 0.400 e. The Hall–Kier alpha value is -1.33. The molecular formula is C22H29F5O. The maximum absolute atomic E-state index is 14.7. The molecule has 2 saturated carbocycles. The van der Waals surface area contributed by atoms with Crippen LogP contribution in [0.25, 0.3) is 0 Å². The fraction of sp³-hybridized carbons (Fsp3) is 0.727. The first-order valence-corrected chi connectivity index (χ1v) is 10.3. The zero-order chi connectivity index (χ0) is 20.5. The van der Waals surface area contributed by atoms with Gasteiger partial charge in [-0.05, 0) is 74.8 Å². The van der Waals surface area contributed by atoms with E-state index < -0.39 is 35.6 Å². The zero-order valence-corrected chi connectivity index (χ0v) is 16.5. The highest BCUT2D eigenvalue weighted by atomic mass is 19.3. The fourth-order valence-electron chi connectivity index (χ4n) is 4.93. The summed E-state index contributed by atoms with van der Waals surface area (Å²) in [5.41, 5.74) is -0.853. The van der Waals surface area contributed by atoms with Crippen molar-refractivity contribution >= 4 is 0 Å². The summed E-state index contributed by atoms with van der Waals surface area (Å²) in [7, 11) is 0. The van der Waals surface area contributed by atoms with Gasteiger partial charge in [-0.15, -0.1) is 0 Å². The van der Waals surface area contributed by atoms with Crippen LogP contribution in [-0.2, 0) is 0 Å². The molecule has 28 heavy (non-hydrogen) atoms. The normalized spacial score (nSPS) is 29.1. The third-order valence-corrected chi connectivity index (χ3v) is 6.80. The highest BCUT2D eigenvalue weighted by Gasteiger charge is 2.45. The Morgan fingerprint density at radius 3 is 2.00 bits per heavy atom. The molecule has 2 aliphatic carbocycles. The Morgan fingerprint density at radius 2 is 1.46 bits per heavy atom. The second kappa shape index (κ2) is 8.58. The summed E-state index contributed by atoms with van der Waals surface area (Å²) < 4.78 is 74.3. The van der Waals surface area contributed by atoms with Gasteiger partial charge in [0.2, 0.25) is 0 Å². The Labute approximate surface area is 163 Å². The lowest BCUT2D eigenvalue weighted by Gasteiger charge is -2.38. The Bertz CT molecular complexity index is 659. The monoisotopic (exact) mass is 404 g/mol. The van der Waals surface area contributed by atoms with Crippen molar-refractivity contribution in [1.29, 1.82) is 0 Å². The van der Waals surface area contributed by atoms with E-state index >= 15 is 0 Å². The van der Waals surface area contributed by atoms with E-state index in [0.29, 0.717) is 24.7 Å². The highest BCUT2D eigenvalue weighted by molar-refractivity contribution is 5.38. The van der Waals surface area contributed by atoms with Gasteiger partial charge in [0.25, 0.3) is 6.43 Å². The van der Waals surface area contributed by atoms with Gasteiger partial charge in [0.1, 0.15) is 0 Å². The van der Waals surface area contributed by atoms with E-state index in [-0.39, 0.29) is 5.56 Å². The molecule has 2 aliphatic rings. The van der Waals surface area contributed by atoms with Crippen molar-refractivity contribution < 1.29 is 26.7 Å². The average Bonchev–Trinajstić information content (AvgIpc) is 2.65. The number of aryl methyl sites for hydroxylation is 1. The summed E-state index contributed by atoms with van der Waals surface area (Å²) in [6.07, 6.45) is 0.211. The number of hydrogen-bond acceptors (Lipinski definition) is 1. The third-order valence-electron chi connectivity index (χ3n) is 6.80. The summed E-state index contributed by atoms with van der Waals surface area (Å²) >= 11 is 0. The SMILES string of the molecule is Cc1ccc(OC(F)(F)C2CCC(C3CCC(C)CC3)CC2)c(F)c1C(F)F. The van der Waals surface area contributed by atoms with Crippen molar-refractivity contribution in [1.82, 2.24) is 0 Å². The molecule has 0 unspecified atom stereocenters. The maximum atomic E-state index is 14.7. The van der Waals surface area contributed by atoms with E-state index in [1.807, 2.05) is 0 Å². The van der Waals surface area contributed by atoms with E-state index in [1.165, 1.54) is 38.7 Å². The van der Waals surface area contributed by atoms with Crippen molar-refractivity contribution in [3.63, 3.8) is 0 Å². The number of halogens is 5. The van der Waals surface area contributed by atoms with Crippen molar-refractivity contribution in [2.45, 2.75) is 77.7 Å². The molecule has 0 heterocycles. The van der Waals surface area contributed by atoms with Crippen LogP contribution in [0.3, 0.4) is 0 Å². The first-order chi connectivity index (χ1) is 13.2. The third kappa shape index (κ3) is 4.62. The molecule has 1 aromatic carbocycles. The van der Waals surface area contributed by atoms with E-state index in [1.54, 1.807) is 0 Å². The molecule has 0 aromatic heterocycles. The Kier molecular flexibility index (Phi) is 6.55. The van der Waals surface area contributed by atoms with Crippen LogP contribution in [0.15, 0.2) is 12.1 Å². The molecule has 3 rings (SSSR count). The molecule has 0 spiro atoms. The summed E-state index contributed by atoms with van der Waals surface area (Å²) in [6.45, 7) is 3.58. The van der Waals surface area contributed by atoms with E-state index in [9.17, 15) is 22.0 Å². The standard InChI is InChI=1S/C22H29F5O/c1-13-3-6-15(7-4-13)16-8-10-17(11-9-16)22(26,27)28-18-12-5-14(2)19(20(18)23)21(24)25/h5,12-13,15-17,21H,3-4,6-11H2,1-2H3.